The van der Waals surface area contributed by atoms with Gasteiger partial charge in [-0.25, -0.2) is 0 Å². The molecule has 3 aromatic carbocycles. The van der Waals surface area contributed by atoms with Gasteiger partial charge in [0.25, 0.3) is 0 Å². The van der Waals surface area contributed by atoms with E-state index >= 15 is 0 Å². The van der Waals surface area contributed by atoms with Gasteiger partial charge in [0.1, 0.15) is 0 Å². The van der Waals surface area contributed by atoms with Crippen LogP contribution in [0.3, 0.4) is 0 Å². The average molecular weight is 276 g/mol. The van der Waals surface area contributed by atoms with Gasteiger partial charge >= 0.3 is 0 Å². The molecule has 0 fully saturated rings. The van der Waals surface area contributed by atoms with E-state index in [1.807, 2.05) is 0 Å². The molecule has 0 heterocycles. The molecule has 0 saturated carbocycles. The molecule has 0 aliphatic heterocycles. The first-order valence-corrected chi connectivity index (χ1v) is 6.93. The number of rotatable bonds is 3. The van der Waals surface area contributed by atoms with Crippen LogP contribution in [-0.2, 0) is 0 Å². The molecule has 0 amide bonds. The molecule has 0 aliphatic rings. The van der Waals surface area contributed by atoms with Crippen LogP contribution in [0.5, 0.6) is 0 Å². The Hall–Kier alpha value is -2.42. The summed E-state index contributed by atoms with van der Waals surface area (Å²) in [5.74, 6) is 8.31. The fourth-order valence-electron chi connectivity index (χ4n) is 2.51. The Morgan fingerprint density at radius 3 is 0.905 bits per heavy atom. The Kier molecular flexibility index (Phi) is 5.71. The summed E-state index contributed by atoms with van der Waals surface area (Å²) in [5.41, 5.74) is 4.00. The zero-order valence-corrected chi connectivity index (χ0v) is 11.9. The van der Waals surface area contributed by atoms with Crippen molar-refractivity contribution in [3.63, 3.8) is 0 Å². The van der Waals surface area contributed by atoms with Crippen LogP contribution in [-0.4, -0.2) is 0 Å². The fourth-order valence-corrected chi connectivity index (χ4v) is 2.51. The van der Waals surface area contributed by atoms with E-state index in [-0.39, 0.29) is 0 Å². The minimum atomic E-state index is 0.309. The Labute approximate surface area is 126 Å². The van der Waals surface area contributed by atoms with Gasteiger partial charge in [-0.15, -0.1) is 0 Å². The minimum absolute atomic E-state index is 0.309. The first-order valence-electron chi connectivity index (χ1n) is 6.93. The summed E-state index contributed by atoms with van der Waals surface area (Å²) in [6.07, 6.45) is 0. The van der Waals surface area contributed by atoms with Gasteiger partial charge < -0.3 is 0 Å². The van der Waals surface area contributed by atoms with E-state index in [9.17, 15) is 0 Å². The maximum atomic E-state index is 4.00. The van der Waals surface area contributed by atoms with E-state index in [0.717, 1.165) is 0 Å². The molecule has 21 heavy (non-hydrogen) atoms. The van der Waals surface area contributed by atoms with Crippen molar-refractivity contribution in [2.75, 3.05) is 0 Å². The third-order valence-electron chi connectivity index (χ3n) is 3.40. The van der Waals surface area contributed by atoms with E-state index in [2.05, 4.69) is 103 Å². The van der Waals surface area contributed by atoms with Crippen LogP contribution in [0.15, 0.2) is 91.0 Å². The van der Waals surface area contributed by atoms with Crippen molar-refractivity contribution >= 4 is 0 Å². The topological polar surface area (TPSA) is 52.0 Å². The molecule has 0 radical (unpaired) electrons. The SMILES string of the molecule is NN.c1ccc(C(c2ccccc2)c2ccccc2)cc1. The van der Waals surface area contributed by atoms with Gasteiger partial charge in [-0.05, 0) is 16.7 Å². The van der Waals surface area contributed by atoms with Crippen molar-refractivity contribution in [2.45, 2.75) is 5.92 Å². The van der Waals surface area contributed by atoms with Gasteiger partial charge in [0.05, 0.1) is 0 Å². The van der Waals surface area contributed by atoms with Crippen molar-refractivity contribution in [3.8, 4) is 0 Å². The zero-order chi connectivity index (χ0) is 14.9. The maximum Gasteiger partial charge on any atom is 0.0339 e. The van der Waals surface area contributed by atoms with Crippen molar-refractivity contribution in [1.82, 2.24) is 0 Å². The molecule has 3 rings (SSSR count). The summed E-state index contributed by atoms with van der Waals surface area (Å²) in [5, 5.41) is 0. The van der Waals surface area contributed by atoms with Crippen molar-refractivity contribution in [3.05, 3.63) is 108 Å². The molecule has 3 aromatic rings. The highest BCUT2D eigenvalue weighted by Crippen LogP contribution is 2.31. The highest BCUT2D eigenvalue weighted by molar-refractivity contribution is 5.42. The first kappa shape index (κ1) is 15.0. The zero-order valence-electron chi connectivity index (χ0n) is 11.9. The van der Waals surface area contributed by atoms with Crippen molar-refractivity contribution in [1.29, 1.82) is 0 Å². The van der Waals surface area contributed by atoms with Crippen LogP contribution in [0.25, 0.3) is 0 Å². The van der Waals surface area contributed by atoms with Crippen LogP contribution >= 0.6 is 0 Å². The van der Waals surface area contributed by atoms with E-state index < -0.39 is 0 Å². The number of hydrogen-bond donors (Lipinski definition) is 2. The molecular formula is C19H20N2. The van der Waals surface area contributed by atoms with Crippen molar-refractivity contribution in [2.24, 2.45) is 11.7 Å². The van der Waals surface area contributed by atoms with E-state index in [1.54, 1.807) is 0 Å². The summed E-state index contributed by atoms with van der Waals surface area (Å²) >= 11 is 0. The molecule has 0 aliphatic carbocycles. The predicted molar refractivity (Wildman–Crippen MR) is 88.6 cm³/mol. The molecule has 0 spiro atoms. The molecular weight excluding hydrogens is 256 g/mol. The summed E-state index contributed by atoms with van der Waals surface area (Å²) < 4.78 is 0. The molecule has 4 N–H and O–H groups in total. The highest BCUT2D eigenvalue weighted by atomic mass is 15.0. The van der Waals surface area contributed by atoms with E-state index in [1.165, 1.54) is 16.7 Å². The Bertz CT molecular complexity index is 528. The lowest BCUT2D eigenvalue weighted by atomic mass is 9.85. The van der Waals surface area contributed by atoms with Gasteiger partial charge in [0.2, 0.25) is 0 Å². The smallest absolute Gasteiger partial charge is 0.0339 e. The fraction of sp³-hybridized carbons (Fsp3) is 0.0526. The van der Waals surface area contributed by atoms with Crippen molar-refractivity contribution < 1.29 is 0 Å². The Morgan fingerprint density at radius 1 is 0.429 bits per heavy atom. The van der Waals surface area contributed by atoms with Gasteiger partial charge in [-0.2, -0.15) is 0 Å². The maximum absolute atomic E-state index is 4.00. The Morgan fingerprint density at radius 2 is 0.667 bits per heavy atom. The number of hydrogen-bond acceptors (Lipinski definition) is 2. The van der Waals surface area contributed by atoms with Crippen LogP contribution < -0.4 is 11.7 Å². The lowest BCUT2D eigenvalue weighted by molar-refractivity contribution is 0.977. The standard InChI is InChI=1S/C19H16.H4N2/c1-4-10-16(11-5-1)19(17-12-6-2-7-13-17)18-14-8-3-9-15-18;1-2/h1-15,19H;1-2H2. The van der Waals surface area contributed by atoms with Gasteiger partial charge in [-0.3, -0.25) is 11.7 Å². The third-order valence-corrected chi connectivity index (χ3v) is 3.40. The van der Waals surface area contributed by atoms with E-state index in [4.69, 9.17) is 0 Å². The number of benzene rings is 3. The van der Waals surface area contributed by atoms with Gasteiger partial charge in [0, 0.05) is 5.92 Å². The van der Waals surface area contributed by atoms with Crippen LogP contribution in [0.1, 0.15) is 22.6 Å². The lowest BCUT2D eigenvalue weighted by Crippen LogP contribution is -2.02. The molecule has 106 valence electrons. The molecule has 0 bridgehead atoms. The third kappa shape index (κ3) is 3.78. The quantitative estimate of drug-likeness (QED) is 0.435. The Balaban J connectivity index is 0.000000774. The van der Waals surface area contributed by atoms with Crippen LogP contribution in [0, 0.1) is 0 Å². The van der Waals surface area contributed by atoms with Crippen LogP contribution in [0.2, 0.25) is 0 Å². The number of nitrogens with two attached hydrogens (primary N) is 2. The largest absolute Gasteiger partial charge is 0.274 e. The number of hydrazine groups is 1. The molecule has 0 unspecified atom stereocenters. The predicted octanol–water partition coefficient (Wildman–Crippen LogP) is 3.69. The normalized spacial score (nSPS) is 9.86. The van der Waals surface area contributed by atoms with E-state index in [0.29, 0.717) is 5.92 Å². The van der Waals surface area contributed by atoms with Gasteiger partial charge in [-0.1, -0.05) is 91.0 Å². The first-order chi connectivity index (χ1) is 10.4. The van der Waals surface area contributed by atoms with Crippen LogP contribution in [0.4, 0.5) is 0 Å². The molecule has 0 saturated heterocycles. The monoisotopic (exact) mass is 276 g/mol. The summed E-state index contributed by atoms with van der Waals surface area (Å²) in [6, 6.07) is 32.0. The second-order valence-electron chi connectivity index (χ2n) is 4.67. The van der Waals surface area contributed by atoms with Gasteiger partial charge in [0.15, 0.2) is 0 Å². The second kappa shape index (κ2) is 8.00. The minimum Gasteiger partial charge on any atom is -0.274 e. The molecule has 0 aromatic heterocycles. The molecule has 0 atom stereocenters. The molecule has 2 nitrogen and oxygen atoms in total. The average Bonchev–Trinajstić information content (AvgIpc) is 2.60. The summed E-state index contributed by atoms with van der Waals surface area (Å²) in [6.45, 7) is 0. The summed E-state index contributed by atoms with van der Waals surface area (Å²) in [4.78, 5) is 0. The molecule has 2 heteroatoms. The highest BCUT2D eigenvalue weighted by Gasteiger charge is 2.15. The second-order valence-corrected chi connectivity index (χ2v) is 4.67. The summed E-state index contributed by atoms with van der Waals surface area (Å²) in [7, 11) is 0. The lowest BCUT2D eigenvalue weighted by Gasteiger charge is -2.18.